The zero-order valence-electron chi connectivity index (χ0n) is 12.7. The molecule has 2 rings (SSSR count). The molecule has 0 bridgehead atoms. The molecule has 2 aromatic rings. The molecule has 0 aliphatic carbocycles. The molecule has 0 aromatic heterocycles. The van der Waals surface area contributed by atoms with Crippen molar-refractivity contribution in [3.8, 4) is 0 Å². The van der Waals surface area contributed by atoms with Gasteiger partial charge in [-0.25, -0.2) is 0 Å². The molecule has 0 fully saturated rings. The first-order chi connectivity index (χ1) is 10.2. The first kappa shape index (κ1) is 15.9. The van der Waals surface area contributed by atoms with E-state index >= 15 is 0 Å². The largest absolute Gasteiger partial charge is 0.310 e. The molecule has 3 heteroatoms. The van der Waals surface area contributed by atoms with Gasteiger partial charge in [-0.15, -0.1) is 0 Å². The van der Waals surface area contributed by atoms with E-state index in [0.717, 1.165) is 24.3 Å². The predicted molar refractivity (Wildman–Crippen MR) is 90.0 cm³/mol. The van der Waals surface area contributed by atoms with Crippen LogP contribution in [0.3, 0.4) is 0 Å². The molecular weight excluding hydrogens is 278 g/mol. The van der Waals surface area contributed by atoms with Gasteiger partial charge in [0.15, 0.2) is 0 Å². The van der Waals surface area contributed by atoms with Gasteiger partial charge in [0.1, 0.15) is 0 Å². The van der Waals surface area contributed by atoms with E-state index in [2.05, 4.69) is 54.7 Å². The minimum Gasteiger partial charge on any atom is -0.310 e. The Hall–Kier alpha value is -1.45. The van der Waals surface area contributed by atoms with E-state index < -0.39 is 10.8 Å². The van der Waals surface area contributed by atoms with Gasteiger partial charge in [-0.1, -0.05) is 42.5 Å². The SMILES string of the molecule is C[C@@H](NCCCc1ccccc1)c1ccc([S@](C)=O)cc1. The van der Waals surface area contributed by atoms with Crippen LogP contribution < -0.4 is 5.32 Å². The van der Waals surface area contributed by atoms with Crippen molar-refractivity contribution in [3.63, 3.8) is 0 Å². The van der Waals surface area contributed by atoms with Crippen molar-refractivity contribution in [2.75, 3.05) is 12.8 Å². The minimum atomic E-state index is -0.899. The number of aryl methyl sites for hydroxylation is 1. The van der Waals surface area contributed by atoms with Crippen molar-refractivity contribution < 1.29 is 4.21 Å². The topological polar surface area (TPSA) is 29.1 Å². The maximum Gasteiger partial charge on any atom is 0.0498 e. The molecule has 0 amide bonds. The van der Waals surface area contributed by atoms with Gasteiger partial charge >= 0.3 is 0 Å². The molecule has 0 aliphatic rings. The molecule has 0 radical (unpaired) electrons. The van der Waals surface area contributed by atoms with E-state index in [1.165, 1.54) is 11.1 Å². The average molecular weight is 301 g/mol. The summed E-state index contributed by atoms with van der Waals surface area (Å²) in [6, 6.07) is 18.9. The van der Waals surface area contributed by atoms with Gasteiger partial charge in [-0.3, -0.25) is 4.21 Å². The monoisotopic (exact) mass is 301 g/mol. The van der Waals surface area contributed by atoms with Crippen LogP contribution in [-0.2, 0) is 17.2 Å². The fourth-order valence-electron chi connectivity index (χ4n) is 2.32. The highest BCUT2D eigenvalue weighted by molar-refractivity contribution is 7.84. The molecular formula is C18H23NOS. The minimum absolute atomic E-state index is 0.320. The Morgan fingerprint density at radius 2 is 1.71 bits per heavy atom. The summed E-state index contributed by atoms with van der Waals surface area (Å²) in [7, 11) is -0.899. The van der Waals surface area contributed by atoms with Gasteiger partial charge in [-0.2, -0.15) is 0 Å². The third-order valence-electron chi connectivity index (χ3n) is 3.65. The number of benzene rings is 2. The van der Waals surface area contributed by atoms with Crippen LogP contribution >= 0.6 is 0 Å². The maximum absolute atomic E-state index is 11.4. The first-order valence-electron chi connectivity index (χ1n) is 7.37. The first-order valence-corrected chi connectivity index (χ1v) is 8.93. The van der Waals surface area contributed by atoms with Crippen molar-refractivity contribution in [2.24, 2.45) is 0 Å². The second kappa shape index (κ2) is 8.11. The standard InChI is InChI=1S/C18H23NOS/c1-15(17-10-12-18(13-11-17)21(2)20)19-14-6-9-16-7-4-3-5-8-16/h3-5,7-8,10-13,15,19H,6,9,14H2,1-2H3/t15-,21+/m1/s1. The van der Waals surface area contributed by atoms with Gasteiger partial charge in [-0.05, 0) is 49.6 Å². The lowest BCUT2D eigenvalue weighted by Crippen LogP contribution is -2.20. The Morgan fingerprint density at radius 3 is 2.33 bits per heavy atom. The van der Waals surface area contributed by atoms with Gasteiger partial charge < -0.3 is 5.32 Å². The lowest BCUT2D eigenvalue weighted by atomic mass is 10.1. The molecule has 2 nitrogen and oxygen atoms in total. The van der Waals surface area contributed by atoms with Gasteiger partial charge in [0, 0.05) is 28.0 Å². The van der Waals surface area contributed by atoms with Crippen molar-refractivity contribution in [3.05, 3.63) is 65.7 Å². The highest BCUT2D eigenvalue weighted by Gasteiger charge is 2.05. The quantitative estimate of drug-likeness (QED) is 0.790. The Labute approximate surface area is 130 Å². The summed E-state index contributed by atoms with van der Waals surface area (Å²) in [6.45, 7) is 3.16. The van der Waals surface area contributed by atoms with Crippen molar-refractivity contribution in [1.29, 1.82) is 0 Å². The second-order valence-corrected chi connectivity index (χ2v) is 6.67. The molecule has 1 N–H and O–H groups in total. The zero-order chi connectivity index (χ0) is 15.1. The van der Waals surface area contributed by atoms with Crippen LogP contribution in [0.15, 0.2) is 59.5 Å². The molecule has 0 unspecified atom stereocenters. The average Bonchev–Trinajstić information content (AvgIpc) is 2.52. The van der Waals surface area contributed by atoms with Crippen molar-refractivity contribution in [1.82, 2.24) is 5.32 Å². The normalized spacial score (nSPS) is 13.8. The molecule has 0 aliphatic heterocycles. The Balaban J connectivity index is 1.76. The van der Waals surface area contributed by atoms with E-state index in [1.807, 2.05) is 12.1 Å². The van der Waals surface area contributed by atoms with E-state index in [4.69, 9.17) is 0 Å². The summed E-state index contributed by atoms with van der Waals surface area (Å²) in [5.41, 5.74) is 2.63. The van der Waals surface area contributed by atoms with Crippen LogP contribution in [0.2, 0.25) is 0 Å². The smallest absolute Gasteiger partial charge is 0.0498 e. The van der Waals surface area contributed by atoms with Crippen molar-refractivity contribution in [2.45, 2.75) is 30.7 Å². The van der Waals surface area contributed by atoms with Crippen LogP contribution in [0, 0.1) is 0 Å². The second-order valence-electron chi connectivity index (χ2n) is 5.29. The molecule has 0 spiro atoms. The predicted octanol–water partition coefficient (Wildman–Crippen LogP) is 3.71. The summed E-state index contributed by atoms with van der Waals surface area (Å²) in [6.07, 6.45) is 3.94. The highest BCUT2D eigenvalue weighted by Crippen LogP contribution is 2.15. The van der Waals surface area contributed by atoms with Crippen LogP contribution in [0.4, 0.5) is 0 Å². The molecule has 0 heterocycles. The molecule has 2 atom stereocenters. The number of hydrogen-bond donors (Lipinski definition) is 1. The maximum atomic E-state index is 11.4. The van der Waals surface area contributed by atoms with Crippen LogP contribution in [0.25, 0.3) is 0 Å². The van der Waals surface area contributed by atoms with Gasteiger partial charge in [0.2, 0.25) is 0 Å². The molecule has 0 saturated carbocycles. The zero-order valence-corrected chi connectivity index (χ0v) is 13.5. The van der Waals surface area contributed by atoms with E-state index in [1.54, 1.807) is 6.26 Å². The Morgan fingerprint density at radius 1 is 1.05 bits per heavy atom. The molecule has 2 aromatic carbocycles. The summed E-state index contributed by atoms with van der Waals surface area (Å²) in [5.74, 6) is 0. The third kappa shape index (κ3) is 5.10. The van der Waals surface area contributed by atoms with Crippen molar-refractivity contribution >= 4 is 10.8 Å². The van der Waals surface area contributed by atoms with Gasteiger partial charge in [0.25, 0.3) is 0 Å². The van der Waals surface area contributed by atoms with E-state index in [9.17, 15) is 4.21 Å². The third-order valence-corrected chi connectivity index (χ3v) is 4.58. The summed E-state index contributed by atoms with van der Waals surface area (Å²) < 4.78 is 11.4. The highest BCUT2D eigenvalue weighted by atomic mass is 32.2. The Bertz CT molecular complexity index is 566. The summed E-state index contributed by atoms with van der Waals surface area (Å²) >= 11 is 0. The number of hydrogen-bond acceptors (Lipinski definition) is 2. The van der Waals surface area contributed by atoms with Crippen LogP contribution in [0.1, 0.15) is 30.5 Å². The number of nitrogens with one attached hydrogen (secondary N) is 1. The van der Waals surface area contributed by atoms with E-state index in [0.29, 0.717) is 6.04 Å². The van der Waals surface area contributed by atoms with Crippen LogP contribution in [-0.4, -0.2) is 17.0 Å². The summed E-state index contributed by atoms with van der Waals surface area (Å²) in [4.78, 5) is 0.884. The van der Waals surface area contributed by atoms with Crippen LogP contribution in [0.5, 0.6) is 0 Å². The Kier molecular flexibility index (Phi) is 6.15. The van der Waals surface area contributed by atoms with Gasteiger partial charge in [0.05, 0.1) is 0 Å². The fraction of sp³-hybridized carbons (Fsp3) is 0.333. The fourth-order valence-corrected chi connectivity index (χ4v) is 2.84. The summed E-state index contributed by atoms with van der Waals surface area (Å²) in [5, 5.41) is 3.54. The van der Waals surface area contributed by atoms with E-state index in [-0.39, 0.29) is 0 Å². The lowest BCUT2D eigenvalue weighted by Gasteiger charge is -2.14. The molecule has 0 saturated heterocycles. The molecule has 112 valence electrons. The lowest BCUT2D eigenvalue weighted by molar-refractivity contribution is 0.558. The molecule has 21 heavy (non-hydrogen) atoms. The number of rotatable bonds is 7.